The van der Waals surface area contributed by atoms with Gasteiger partial charge in [0.1, 0.15) is 18.3 Å². The quantitative estimate of drug-likeness (QED) is 0.169. The van der Waals surface area contributed by atoms with E-state index in [4.69, 9.17) is 9.26 Å². The number of H-pyrrole nitrogens is 1. The Morgan fingerprint density at radius 2 is 1.84 bits per heavy atom. The third-order valence-electron chi connectivity index (χ3n) is 6.10. The smallest absolute Gasteiger partial charge is 0.406 e. The number of fused-ring (bicyclic) bond motifs is 1. The number of amides is 1. The summed E-state index contributed by atoms with van der Waals surface area (Å²) in [5, 5.41) is 46.9. The molecule has 14 heteroatoms. The van der Waals surface area contributed by atoms with E-state index in [2.05, 4.69) is 15.4 Å². The van der Waals surface area contributed by atoms with Crippen molar-refractivity contribution in [1.82, 2.24) is 15.4 Å². The molecule has 13 nitrogen and oxygen atoms in total. The van der Waals surface area contributed by atoms with Gasteiger partial charge in [-0.15, -0.1) is 0 Å². The summed E-state index contributed by atoms with van der Waals surface area (Å²) in [6.07, 6.45) is -6.23. The maximum Gasteiger partial charge on any atom is 0.406 e. The molecule has 1 amide bonds. The van der Waals surface area contributed by atoms with Crippen molar-refractivity contribution in [2.24, 2.45) is 5.92 Å². The highest BCUT2D eigenvalue weighted by molar-refractivity contribution is 7.50. The van der Waals surface area contributed by atoms with Gasteiger partial charge in [-0.3, -0.25) is 9.32 Å². The minimum absolute atomic E-state index is 0.0262. The number of aromatic nitrogens is 1. The number of nitrogens with one attached hydrogen (secondary N) is 3. The van der Waals surface area contributed by atoms with Crippen LogP contribution in [0.1, 0.15) is 32.8 Å². The molecule has 1 aromatic carbocycles. The molecule has 1 aliphatic rings. The zero-order chi connectivity index (χ0) is 27.5. The Balaban J connectivity index is 1.72. The van der Waals surface area contributed by atoms with Crippen LogP contribution >= 0.6 is 7.75 Å². The van der Waals surface area contributed by atoms with E-state index in [1.165, 1.54) is 6.92 Å². The number of benzene rings is 1. The van der Waals surface area contributed by atoms with Gasteiger partial charge < -0.3 is 45.2 Å². The number of carbonyl (C=O) groups excluding carboxylic acids is 2. The van der Waals surface area contributed by atoms with E-state index in [1.54, 1.807) is 32.2 Å². The SMILES string of the molecule is CC(C)C[C@H](NP(=O)(O)OC1O[C@@H](C)[C@H](O)[C@@H](O)[C@H]1O)C(=O)N[C@@H](Cc1c[nH]c2ccccc12)C(=O)[O-]. The van der Waals surface area contributed by atoms with E-state index in [0.717, 1.165) is 10.9 Å². The first kappa shape index (κ1) is 29.2. The molecule has 0 aliphatic carbocycles. The van der Waals surface area contributed by atoms with Gasteiger partial charge in [0.05, 0.1) is 24.2 Å². The van der Waals surface area contributed by atoms with E-state index in [9.17, 15) is 39.5 Å². The highest BCUT2D eigenvalue weighted by Crippen LogP contribution is 2.42. The van der Waals surface area contributed by atoms with Crippen LogP contribution in [0, 0.1) is 5.92 Å². The predicted molar refractivity (Wildman–Crippen MR) is 129 cm³/mol. The number of rotatable bonds is 11. The van der Waals surface area contributed by atoms with Gasteiger partial charge in [-0.25, -0.2) is 9.65 Å². The second kappa shape index (κ2) is 12.0. The molecule has 0 bridgehead atoms. The second-order valence-corrected chi connectivity index (χ2v) is 11.1. The average molecular weight is 543 g/mol. The average Bonchev–Trinajstić information content (AvgIpc) is 3.22. The van der Waals surface area contributed by atoms with Crippen molar-refractivity contribution in [3.8, 4) is 0 Å². The lowest BCUT2D eigenvalue weighted by atomic mass is 10.0. The van der Waals surface area contributed by atoms with Gasteiger partial charge >= 0.3 is 7.75 Å². The zero-order valence-corrected chi connectivity index (χ0v) is 21.5. The Morgan fingerprint density at radius 1 is 1.16 bits per heavy atom. The van der Waals surface area contributed by atoms with Crippen LogP contribution in [0.5, 0.6) is 0 Å². The summed E-state index contributed by atoms with van der Waals surface area (Å²) >= 11 is 0. The lowest BCUT2D eigenvalue weighted by Crippen LogP contribution is -2.57. The molecule has 1 aliphatic heterocycles. The first-order valence-electron chi connectivity index (χ1n) is 11.8. The Morgan fingerprint density at radius 3 is 2.49 bits per heavy atom. The third kappa shape index (κ3) is 7.37. The van der Waals surface area contributed by atoms with Crippen molar-refractivity contribution in [2.45, 2.75) is 76.4 Å². The maximum atomic E-state index is 13.1. The normalized spacial score (nSPS) is 27.5. The number of carboxylic acid groups (broad SMARTS) is 1. The Labute approximate surface area is 213 Å². The predicted octanol–water partition coefficient (Wildman–Crippen LogP) is -1.11. The fraction of sp³-hybridized carbons (Fsp3) is 0.565. The summed E-state index contributed by atoms with van der Waals surface area (Å²) in [7, 11) is -4.85. The van der Waals surface area contributed by atoms with Crippen LogP contribution < -0.4 is 15.5 Å². The summed E-state index contributed by atoms with van der Waals surface area (Å²) in [6.45, 7) is 4.87. The molecule has 7 N–H and O–H groups in total. The lowest BCUT2D eigenvalue weighted by Gasteiger charge is -2.39. The largest absolute Gasteiger partial charge is 0.548 e. The molecule has 8 atom stereocenters. The first-order valence-corrected chi connectivity index (χ1v) is 13.4. The van der Waals surface area contributed by atoms with Crippen molar-refractivity contribution in [1.29, 1.82) is 0 Å². The van der Waals surface area contributed by atoms with E-state index < -0.39 is 62.4 Å². The number of ether oxygens (including phenoxy) is 1. The first-order chi connectivity index (χ1) is 17.3. The molecular weight excluding hydrogens is 509 g/mol. The van der Waals surface area contributed by atoms with Gasteiger partial charge in [-0.05, 0) is 30.9 Å². The zero-order valence-electron chi connectivity index (χ0n) is 20.6. The number of hydrogen-bond acceptors (Lipinski definition) is 9. The molecule has 2 aromatic rings. The molecule has 1 saturated heterocycles. The van der Waals surface area contributed by atoms with Crippen molar-refractivity contribution >= 4 is 30.5 Å². The van der Waals surface area contributed by atoms with E-state index >= 15 is 0 Å². The van der Waals surface area contributed by atoms with Crippen molar-refractivity contribution in [3.63, 3.8) is 0 Å². The fourth-order valence-corrected chi connectivity index (χ4v) is 5.28. The van der Waals surface area contributed by atoms with Gasteiger partial charge in [0.15, 0.2) is 6.29 Å². The summed E-state index contributed by atoms with van der Waals surface area (Å²) in [5.41, 5.74) is 1.42. The van der Waals surface area contributed by atoms with Crippen molar-refractivity contribution < 1.29 is 48.7 Å². The number of para-hydroxylation sites is 1. The lowest BCUT2D eigenvalue weighted by molar-refractivity contribution is -0.308. The highest BCUT2D eigenvalue weighted by atomic mass is 31.2. The van der Waals surface area contributed by atoms with E-state index in [0.29, 0.717) is 5.56 Å². The van der Waals surface area contributed by atoms with Gasteiger partial charge in [-0.2, -0.15) is 0 Å². The number of carboxylic acids is 1. The molecule has 1 aromatic heterocycles. The van der Waals surface area contributed by atoms with Crippen LogP contribution in [-0.4, -0.2) is 79.9 Å². The summed E-state index contributed by atoms with van der Waals surface area (Å²) in [5.74, 6) is -2.58. The van der Waals surface area contributed by atoms with Crippen LogP contribution in [0.15, 0.2) is 30.5 Å². The van der Waals surface area contributed by atoms with Crippen LogP contribution in [0.3, 0.4) is 0 Å². The third-order valence-corrected chi connectivity index (χ3v) is 7.23. The van der Waals surface area contributed by atoms with Crippen molar-refractivity contribution in [3.05, 3.63) is 36.0 Å². The highest BCUT2D eigenvalue weighted by Gasteiger charge is 2.45. The van der Waals surface area contributed by atoms with Gasteiger partial charge in [0, 0.05) is 23.5 Å². The molecular formula is C23H33N3O10P-. The molecule has 3 rings (SSSR count). The van der Waals surface area contributed by atoms with E-state index in [1.807, 2.05) is 12.1 Å². The fourth-order valence-electron chi connectivity index (χ4n) is 4.14. The van der Waals surface area contributed by atoms with Gasteiger partial charge in [-0.1, -0.05) is 32.0 Å². The van der Waals surface area contributed by atoms with E-state index in [-0.39, 0.29) is 18.8 Å². The Kier molecular flexibility index (Phi) is 9.48. The topological polar surface area (TPSA) is 214 Å². The van der Waals surface area contributed by atoms with Crippen LogP contribution in [-0.2, 0) is 29.8 Å². The molecule has 2 unspecified atom stereocenters. The minimum atomic E-state index is -4.85. The van der Waals surface area contributed by atoms with Crippen LogP contribution in [0.25, 0.3) is 10.9 Å². The molecule has 0 saturated carbocycles. The number of aromatic amines is 1. The monoisotopic (exact) mass is 542 g/mol. The number of aliphatic hydroxyl groups excluding tert-OH is 3. The summed E-state index contributed by atoms with van der Waals surface area (Å²) in [4.78, 5) is 38.3. The maximum absolute atomic E-state index is 13.1. The minimum Gasteiger partial charge on any atom is -0.548 e. The summed E-state index contributed by atoms with van der Waals surface area (Å²) < 4.78 is 23.0. The number of aliphatic hydroxyl groups is 3. The van der Waals surface area contributed by atoms with Gasteiger partial charge in [0.2, 0.25) is 5.91 Å². The molecule has 2 heterocycles. The molecule has 1 fully saturated rings. The number of aliphatic carboxylic acids is 1. The molecule has 37 heavy (non-hydrogen) atoms. The number of hydrogen-bond donors (Lipinski definition) is 7. The number of carbonyl (C=O) groups is 2. The summed E-state index contributed by atoms with van der Waals surface area (Å²) in [6, 6.07) is 4.42. The molecule has 206 valence electrons. The van der Waals surface area contributed by atoms with Crippen molar-refractivity contribution in [2.75, 3.05) is 0 Å². The van der Waals surface area contributed by atoms with Gasteiger partial charge in [0.25, 0.3) is 0 Å². The molecule has 0 spiro atoms. The Hall–Kier alpha value is -2.35. The molecule has 0 radical (unpaired) electrons. The van der Waals surface area contributed by atoms with Crippen LogP contribution in [0.4, 0.5) is 0 Å². The second-order valence-electron chi connectivity index (χ2n) is 9.56. The Bertz CT molecular complexity index is 1140. The van der Waals surface area contributed by atoms with Crippen LogP contribution in [0.2, 0.25) is 0 Å². The standard InChI is InChI=1S/C23H34N3O10P/c1-11(2)8-16(26-37(33,34)36-23-20(29)19(28)18(27)12(3)35-23)21(30)25-17(22(31)32)9-13-10-24-15-7-5-4-6-14(13)15/h4-7,10-12,16-20,23-24,27-29H,8-9H2,1-3H3,(H,25,30)(H,31,32)(H2,26,33,34)/p-1/t12-,16-,17-,18-,19+,20+,23?/m0/s1.